The second-order valence-electron chi connectivity index (χ2n) is 7.64. The summed E-state index contributed by atoms with van der Waals surface area (Å²) in [5.41, 5.74) is -2.18. The van der Waals surface area contributed by atoms with Crippen molar-refractivity contribution in [3.8, 4) is 0 Å². The summed E-state index contributed by atoms with van der Waals surface area (Å²) in [6, 6.07) is 3.41. The lowest BCUT2D eigenvalue weighted by Gasteiger charge is -2.32. The lowest BCUT2D eigenvalue weighted by molar-refractivity contribution is -0.137. The molecule has 1 amide bonds. The van der Waals surface area contributed by atoms with E-state index >= 15 is 0 Å². The molecule has 1 saturated heterocycles. The van der Waals surface area contributed by atoms with Gasteiger partial charge in [-0.1, -0.05) is 6.07 Å². The van der Waals surface area contributed by atoms with Crippen LogP contribution in [0.25, 0.3) is 0 Å². The highest BCUT2D eigenvalue weighted by atomic mass is 19.4. The third-order valence-electron chi connectivity index (χ3n) is 5.03. The maximum Gasteiger partial charge on any atom is 0.494 e. The van der Waals surface area contributed by atoms with Gasteiger partial charge in [0.05, 0.1) is 22.3 Å². The molecule has 2 fully saturated rings. The zero-order chi connectivity index (χ0) is 18.6. The predicted octanol–water partition coefficient (Wildman–Crippen LogP) is 2.90. The summed E-state index contributed by atoms with van der Waals surface area (Å²) in [6.07, 6.45) is -3.02. The molecule has 1 heterocycles. The van der Waals surface area contributed by atoms with E-state index in [1.807, 2.05) is 27.7 Å². The minimum absolute atomic E-state index is 0.0333. The van der Waals surface area contributed by atoms with Crippen LogP contribution in [0, 0.1) is 0 Å². The van der Waals surface area contributed by atoms with Crippen LogP contribution in [0.4, 0.5) is 13.2 Å². The molecule has 1 N–H and O–H groups in total. The van der Waals surface area contributed by atoms with Gasteiger partial charge in [-0.05, 0) is 58.1 Å². The van der Waals surface area contributed by atoms with Crippen LogP contribution in [0.5, 0.6) is 0 Å². The molecule has 1 aliphatic heterocycles. The number of carbonyl (C=O) groups is 1. The Bertz CT molecular complexity index is 683. The summed E-state index contributed by atoms with van der Waals surface area (Å²) >= 11 is 0. The first-order chi connectivity index (χ1) is 11.4. The molecule has 0 radical (unpaired) electrons. The molecule has 0 unspecified atom stereocenters. The summed E-state index contributed by atoms with van der Waals surface area (Å²) in [5.74, 6) is -0.715. The van der Waals surface area contributed by atoms with Crippen LogP contribution in [-0.4, -0.2) is 30.3 Å². The van der Waals surface area contributed by atoms with Gasteiger partial charge in [0.25, 0.3) is 5.91 Å². The lowest BCUT2D eigenvalue weighted by Crippen LogP contribution is -2.41. The van der Waals surface area contributed by atoms with Crippen molar-refractivity contribution in [1.82, 2.24) is 5.32 Å². The molecule has 3 rings (SSSR count). The lowest BCUT2D eigenvalue weighted by atomic mass is 9.77. The Morgan fingerprint density at radius 1 is 1.16 bits per heavy atom. The van der Waals surface area contributed by atoms with Crippen molar-refractivity contribution in [2.75, 3.05) is 0 Å². The largest absolute Gasteiger partial charge is 0.494 e. The van der Waals surface area contributed by atoms with Gasteiger partial charge >= 0.3 is 13.3 Å². The van der Waals surface area contributed by atoms with E-state index < -0.39 is 41.5 Å². The monoisotopic (exact) mass is 355 g/mol. The van der Waals surface area contributed by atoms with Crippen molar-refractivity contribution in [3.05, 3.63) is 29.3 Å². The third-order valence-corrected chi connectivity index (χ3v) is 5.03. The van der Waals surface area contributed by atoms with Gasteiger partial charge in [0.2, 0.25) is 0 Å². The number of benzene rings is 1. The van der Waals surface area contributed by atoms with Gasteiger partial charge in [0.15, 0.2) is 0 Å². The molecule has 0 atom stereocenters. The van der Waals surface area contributed by atoms with Gasteiger partial charge in [0.1, 0.15) is 0 Å². The van der Waals surface area contributed by atoms with E-state index in [0.717, 1.165) is 18.9 Å². The Hall–Kier alpha value is -1.54. The number of hydrogen-bond acceptors (Lipinski definition) is 3. The van der Waals surface area contributed by atoms with Crippen molar-refractivity contribution in [1.29, 1.82) is 0 Å². The summed E-state index contributed by atoms with van der Waals surface area (Å²) in [6.45, 7) is 7.44. The van der Waals surface area contributed by atoms with E-state index in [9.17, 15) is 18.0 Å². The Morgan fingerprint density at radius 2 is 1.72 bits per heavy atom. The number of amides is 1. The minimum atomic E-state index is -4.61. The van der Waals surface area contributed by atoms with E-state index in [-0.39, 0.29) is 6.04 Å². The fourth-order valence-electron chi connectivity index (χ4n) is 2.61. The van der Waals surface area contributed by atoms with Crippen molar-refractivity contribution in [2.24, 2.45) is 0 Å². The van der Waals surface area contributed by atoms with Crippen LogP contribution >= 0.6 is 0 Å². The number of alkyl halides is 3. The van der Waals surface area contributed by atoms with Crippen LogP contribution < -0.4 is 10.8 Å². The molecule has 1 saturated carbocycles. The molecule has 1 aromatic rings. The fourth-order valence-corrected chi connectivity index (χ4v) is 2.61. The second-order valence-corrected chi connectivity index (χ2v) is 7.64. The average molecular weight is 355 g/mol. The number of halogens is 3. The second kappa shape index (κ2) is 5.74. The molecule has 8 heteroatoms. The molecule has 4 nitrogen and oxygen atoms in total. The zero-order valence-corrected chi connectivity index (χ0v) is 14.7. The highest BCUT2D eigenvalue weighted by molar-refractivity contribution is 6.62. The maximum atomic E-state index is 13.3. The van der Waals surface area contributed by atoms with Gasteiger partial charge in [-0.15, -0.1) is 0 Å². The van der Waals surface area contributed by atoms with Crippen LogP contribution in [0.2, 0.25) is 0 Å². The first-order valence-corrected chi connectivity index (χ1v) is 8.28. The van der Waals surface area contributed by atoms with E-state index in [0.29, 0.717) is 5.46 Å². The highest BCUT2D eigenvalue weighted by Crippen LogP contribution is 2.37. The molecule has 0 spiro atoms. The van der Waals surface area contributed by atoms with Crippen LogP contribution in [0.3, 0.4) is 0 Å². The molecule has 1 aliphatic carbocycles. The highest BCUT2D eigenvalue weighted by Gasteiger charge is 2.52. The SMILES string of the molecule is CC1(C)OB(c2ccc(C(F)(F)F)c(C(=O)NC3CC3)c2)OC1(C)C. The molecule has 0 aromatic heterocycles. The molecule has 2 aliphatic rings. The Balaban J connectivity index is 1.95. The molecule has 1 aromatic carbocycles. The van der Waals surface area contributed by atoms with Gasteiger partial charge in [0, 0.05) is 6.04 Å². The third kappa shape index (κ3) is 3.55. The first kappa shape index (κ1) is 18.3. The number of nitrogens with one attached hydrogen (secondary N) is 1. The number of hydrogen-bond donors (Lipinski definition) is 1. The first-order valence-electron chi connectivity index (χ1n) is 8.28. The molecule has 136 valence electrons. The molecular weight excluding hydrogens is 334 g/mol. The van der Waals surface area contributed by atoms with Crippen molar-refractivity contribution in [3.63, 3.8) is 0 Å². The number of rotatable bonds is 3. The fraction of sp³-hybridized carbons (Fsp3) is 0.588. The Labute approximate surface area is 145 Å². The molecule has 25 heavy (non-hydrogen) atoms. The summed E-state index contributed by atoms with van der Waals surface area (Å²) < 4.78 is 51.6. The van der Waals surface area contributed by atoms with Crippen molar-refractivity contribution in [2.45, 2.75) is 64.0 Å². The smallest absolute Gasteiger partial charge is 0.399 e. The van der Waals surface area contributed by atoms with Crippen LogP contribution in [0.15, 0.2) is 18.2 Å². The number of carbonyl (C=O) groups excluding carboxylic acids is 1. The standard InChI is InChI=1S/C17H21BF3NO3/c1-15(2)16(3,4)25-18(24-15)10-5-8-13(17(19,20)21)12(9-10)14(23)22-11-6-7-11/h5,8-9,11H,6-7H2,1-4H3,(H,22,23). The van der Waals surface area contributed by atoms with Gasteiger partial charge < -0.3 is 14.6 Å². The quantitative estimate of drug-likeness (QED) is 0.849. The van der Waals surface area contributed by atoms with Gasteiger partial charge in [-0.25, -0.2) is 0 Å². The average Bonchev–Trinajstić information content (AvgIpc) is 3.24. The van der Waals surface area contributed by atoms with Crippen molar-refractivity contribution < 1.29 is 27.3 Å². The Kier molecular flexibility index (Phi) is 4.19. The maximum absolute atomic E-state index is 13.3. The summed E-state index contributed by atoms with van der Waals surface area (Å²) in [5, 5.41) is 2.61. The van der Waals surface area contributed by atoms with E-state index in [2.05, 4.69) is 5.32 Å². The summed E-state index contributed by atoms with van der Waals surface area (Å²) in [7, 11) is -0.820. The van der Waals surface area contributed by atoms with Crippen LogP contribution in [0.1, 0.15) is 56.5 Å². The van der Waals surface area contributed by atoms with E-state index in [1.54, 1.807) is 0 Å². The molecule has 0 bridgehead atoms. The minimum Gasteiger partial charge on any atom is -0.399 e. The zero-order valence-electron chi connectivity index (χ0n) is 14.7. The normalized spacial score (nSPS) is 22.1. The van der Waals surface area contributed by atoms with Crippen LogP contribution in [-0.2, 0) is 15.5 Å². The predicted molar refractivity (Wildman–Crippen MR) is 87.6 cm³/mol. The summed E-state index contributed by atoms with van der Waals surface area (Å²) in [4.78, 5) is 12.3. The molecular formula is C17H21BF3NO3. The Morgan fingerprint density at radius 3 is 2.20 bits per heavy atom. The van der Waals surface area contributed by atoms with Gasteiger partial charge in [-0.3, -0.25) is 4.79 Å². The van der Waals surface area contributed by atoms with Gasteiger partial charge in [-0.2, -0.15) is 13.2 Å². The van der Waals surface area contributed by atoms with E-state index in [1.165, 1.54) is 12.1 Å². The van der Waals surface area contributed by atoms with E-state index in [4.69, 9.17) is 9.31 Å². The van der Waals surface area contributed by atoms with Crippen molar-refractivity contribution >= 4 is 18.5 Å². The topological polar surface area (TPSA) is 47.6 Å².